The molecule has 0 saturated heterocycles. The van der Waals surface area contributed by atoms with Gasteiger partial charge in [0.2, 0.25) is 5.91 Å². The van der Waals surface area contributed by atoms with E-state index in [-0.39, 0.29) is 10.2 Å². The quantitative estimate of drug-likeness (QED) is 0.718. The van der Waals surface area contributed by atoms with Crippen LogP contribution in [0.4, 0.5) is 23.2 Å². The number of rotatable bonds is 1. The molecule has 0 radical (unpaired) electrons. The first-order valence-electron chi connectivity index (χ1n) is 5.63. The summed E-state index contributed by atoms with van der Waals surface area (Å²) in [6.45, 7) is -1.33. The van der Waals surface area contributed by atoms with E-state index in [2.05, 4.69) is 15.9 Å². The Morgan fingerprint density at radius 1 is 1.32 bits per heavy atom. The molecule has 19 heavy (non-hydrogen) atoms. The van der Waals surface area contributed by atoms with Crippen molar-refractivity contribution in [3.8, 4) is 0 Å². The lowest BCUT2D eigenvalue weighted by Gasteiger charge is -2.19. The van der Waals surface area contributed by atoms with Gasteiger partial charge in [0.05, 0.1) is 9.89 Å². The molecule has 2 aliphatic rings. The Morgan fingerprint density at radius 2 is 1.95 bits per heavy atom. The Bertz CT molecular complexity index is 580. The number of fused-ring (bicyclic) bond motifs is 2. The number of carbonyl (C=O) groups excluding carboxylic acids is 1. The van der Waals surface area contributed by atoms with Crippen molar-refractivity contribution in [2.75, 3.05) is 11.4 Å². The van der Waals surface area contributed by atoms with Gasteiger partial charge in [0.15, 0.2) is 0 Å². The molecule has 102 valence electrons. The van der Waals surface area contributed by atoms with Crippen molar-refractivity contribution in [3.63, 3.8) is 0 Å². The van der Waals surface area contributed by atoms with Gasteiger partial charge < -0.3 is 4.90 Å². The predicted molar refractivity (Wildman–Crippen MR) is 63.4 cm³/mol. The van der Waals surface area contributed by atoms with Crippen LogP contribution >= 0.6 is 15.9 Å². The third-order valence-corrected chi connectivity index (χ3v) is 4.19. The lowest BCUT2D eigenvalue weighted by molar-refractivity contribution is -0.132. The van der Waals surface area contributed by atoms with Crippen molar-refractivity contribution in [2.45, 2.75) is 24.4 Å². The van der Waals surface area contributed by atoms with E-state index in [9.17, 15) is 22.4 Å². The number of hydrogen-bond acceptors (Lipinski definition) is 1. The Hall–Kier alpha value is -1.11. The third-order valence-electron chi connectivity index (χ3n) is 3.59. The zero-order valence-corrected chi connectivity index (χ0v) is 11.1. The smallest absolute Gasteiger partial charge is 0.302 e. The van der Waals surface area contributed by atoms with Gasteiger partial charge >= 0.3 is 6.18 Å². The fraction of sp³-hybridized carbons (Fsp3) is 0.417. The molecular weight excluding hydrogens is 330 g/mol. The number of anilines is 1. The molecule has 0 atom stereocenters. The minimum absolute atomic E-state index is 0.0592. The van der Waals surface area contributed by atoms with Gasteiger partial charge in [-0.2, -0.15) is 13.2 Å². The highest BCUT2D eigenvalue weighted by atomic mass is 79.9. The molecule has 1 saturated carbocycles. The molecule has 1 heterocycles. The molecule has 1 aliphatic heterocycles. The molecule has 0 bridgehead atoms. The maximum atomic E-state index is 13.5. The molecule has 1 fully saturated rings. The number of amides is 1. The van der Waals surface area contributed by atoms with Crippen LogP contribution in [0.5, 0.6) is 0 Å². The minimum atomic E-state index is -4.48. The summed E-state index contributed by atoms with van der Waals surface area (Å²) in [5.74, 6) is -1.14. The van der Waals surface area contributed by atoms with Gasteiger partial charge in [0.25, 0.3) is 0 Å². The van der Waals surface area contributed by atoms with Crippen LogP contribution < -0.4 is 4.90 Å². The second-order valence-corrected chi connectivity index (χ2v) is 5.73. The maximum Gasteiger partial charge on any atom is 0.406 e. The monoisotopic (exact) mass is 337 g/mol. The van der Waals surface area contributed by atoms with Crippen molar-refractivity contribution in [1.29, 1.82) is 0 Å². The summed E-state index contributed by atoms with van der Waals surface area (Å²) in [5, 5.41) is 0. The Kier molecular flexibility index (Phi) is 2.52. The third kappa shape index (κ3) is 1.86. The number of carbonyl (C=O) groups is 1. The van der Waals surface area contributed by atoms with E-state index in [1.54, 1.807) is 0 Å². The summed E-state index contributed by atoms with van der Waals surface area (Å²) >= 11 is 2.94. The number of benzene rings is 1. The van der Waals surface area contributed by atoms with E-state index >= 15 is 0 Å². The first-order chi connectivity index (χ1) is 8.74. The fourth-order valence-corrected chi connectivity index (χ4v) is 2.90. The van der Waals surface area contributed by atoms with Crippen LogP contribution in [0, 0.1) is 5.82 Å². The van der Waals surface area contributed by atoms with E-state index < -0.39 is 29.9 Å². The zero-order chi connectivity index (χ0) is 14.0. The fourth-order valence-electron chi connectivity index (χ4n) is 2.57. The summed E-state index contributed by atoms with van der Waals surface area (Å²) in [5.41, 5.74) is -0.377. The summed E-state index contributed by atoms with van der Waals surface area (Å²) in [6, 6.07) is 2.42. The van der Waals surface area contributed by atoms with Crippen LogP contribution in [-0.2, 0) is 10.2 Å². The second-order valence-electron chi connectivity index (χ2n) is 4.87. The maximum absolute atomic E-state index is 13.5. The molecule has 0 N–H and O–H groups in total. The minimum Gasteiger partial charge on any atom is -0.302 e. The second kappa shape index (κ2) is 3.71. The van der Waals surface area contributed by atoms with Gasteiger partial charge in [-0.05, 0) is 46.5 Å². The normalized spacial score (nSPS) is 20.1. The molecular formula is C12H8BrF4NO. The zero-order valence-electron chi connectivity index (χ0n) is 9.52. The molecule has 7 heteroatoms. The van der Waals surface area contributed by atoms with Crippen LogP contribution in [0.3, 0.4) is 0 Å². The highest BCUT2D eigenvalue weighted by Gasteiger charge is 2.60. The number of halogens is 5. The molecule has 1 amide bonds. The average molecular weight is 338 g/mol. The molecule has 1 spiro atoms. The standard InChI is InChI=1S/C12H8BrF4NO/c13-7-4-9-6(3-8(7)14)11(1-2-11)10(19)18(9)5-12(15,16)17/h3-4H,1-2,5H2. The lowest BCUT2D eigenvalue weighted by Crippen LogP contribution is -2.39. The van der Waals surface area contributed by atoms with Crippen molar-refractivity contribution < 1.29 is 22.4 Å². The SMILES string of the molecule is O=C1N(CC(F)(F)F)c2cc(Br)c(F)cc2C12CC2. The Labute approximate surface area is 114 Å². The molecule has 2 nitrogen and oxygen atoms in total. The first kappa shape index (κ1) is 12.9. The molecule has 0 aromatic heterocycles. The highest BCUT2D eigenvalue weighted by Crippen LogP contribution is 2.58. The number of alkyl halides is 3. The largest absolute Gasteiger partial charge is 0.406 e. The molecule has 1 aromatic carbocycles. The molecule has 1 aromatic rings. The number of hydrogen-bond donors (Lipinski definition) is 0. The van der Waals surface area contributed by atoms with Crippen LogP contribution in [0.1, 0.15) is 18.4 Å². The Morgan fingerprint density at radius 3 is 2.47 bits per heavy atom. The van der Waals surface area contributed by atoms with Crippen LogP contribution in [-0.4, -0.2) is 18.6 Å². The van der Waals surface area contributed by atoms with Crippen LogP contribution in [0.25, 0.3) is 0 Å². The number of nitrogens with zero attached hydrogens (tertiary/aromatic N) is 1. The van der Waals surface area contributed by atoms with Crippen molar-refractivity contribution in [3.05, 3.63) is 28.0 Å². The molecule has 0 unspecified atom stereocenters. The van der Waals surface area contributed by atoms with Gasteiger partial charge in [-0.1, -0.05) is 0 Å². The first-order valence-corrected chi connectivity index (χ1v) is 6.42. The highest BCUT2D eigenvalue weighted by molar-refractivity contribution is 9.10. The topological polar surface area (TPSA) is 20.3 Å². The summed E-state index contributed by atoms with van der Waals surface area (Å²) in [4.78, 5) is 12.8. The average Bonchev–Trinajstić information content (AvgIpc) is 3.05. The summed E-state index contributed by atoms with van der Waals surface area (Å²) in [7, 11) is 0. The van der Waals surface area contributed by atoms with Gasteiger partial charge in [-0.3, -0.25) is 4.79 Å². The summed E-state index contributed by atoms with van der Waals surface area (Å²) < 4.78 is 51.2. The van der Waals surface area contributed by atoms with E-state index in [4.69, 9.17) is 0 Å². The summed E-state index contributed by atoms with van der Waals surface area (Å²) in [6.07, 6.45) is -3.52. The van der Waals surface area contributed by atoms with Gasteiger partial charge in [-0.15, -0.1) is 0 Å². The van der Waals surface area contributed by atoms with Gasteiger partial charge in [0.1, 0.15) is 12.4 Å². The van der Waals surface area contributed by atoms with Crippen molar-refractivity contribution in [1.82, 2.24) is 0 Å². The van der Waals surface area contributed by atoms with E-state index in [0.717, 1.165) is 0 Å². The van der Waals surface area contributed by atoms with E-state index in [0.29, 0.717) is 23.3 Å². The predicted octanol–water partition coefficient (Wildman–Crippen LogP) is 3.53. The van der Waals surface area contributed by atoms with Gasteiger partial charge in [-0.25, -0.2) is 4.39 Å². The van der Waals surface area contributed by atoms with Crippen LogP contribution in [0.2, 0.25) is 0 Å². The Balaban J connectivity index is 2.11. The molecule has 1 aliphatic carbocycles. The van der Waals surface area contributed by atoms with Crippen molar-refractivity contribution in [2.24, 2.45) is 0 Å². The van der Waals surface area contributed by atoms with Crippen LogP contribution in [0.15, 0.2) is 16.6 Å². The molecule has 3 rings (SSSR count). The van der Waals surface area contributed by atoms with Crippen molar-refractivity contribution >= 4 is 27.5 Å². The van der Waals surface area contributed by atoms with E-state index in [1.807, 2.05) is 0 Å². The van der Waals surface area contributed by atoms with Gasteiger partial charge in [0, 0.05) is 5.69 Å². The lowest BCUT2D eigenvalue weighted by atomic mass is 9.98. The van der Waals surface area contributed by atoms with E-state index in [1.165, 1.54) is 12.1 Å².